The summed E-state index contributed by atoms with van der Waals surface area (Å²) in [4.78, 5) is 30.6. The summed E-state index contributed by atoms with van der Waals surface area (Å²) in [6, 6.07) is 15.5. The maximum atomic E-state index is 13.5. The zero-order valence-corrected chi connectivity index (χ0v) is 21.5. The van der Waals surface area contributed by atoms with Crippen molar-refractivity contribution in [3.63, 3.8) is 0 Å². The number of aliphatic imine (C=N–C) groups is 1. The van der Waals surface area contributed by atoms with Crippen LogP contribution in [0.25, 0.3) is 6.08 Å². The highest BCUT2D eigenvalue weighted by atomic mass is 35.5. The summed E-state index contributed by atoms with van der Waals surface area (Å²) in [5.74, 6) is -0.922. The Hall–Kier alpha value is -3.82. The third kappa shape index (κ3) is 6.12. The number of aromatic carboxylic acids is 1. The SMILES string of the molecule is CCN1C(=O)/C(=C/c2cc(Cl)c(OCc3cccc(F)c3)c(OC)c2)SC1=Nc1ccc(C(=O)O)cc1. The molecule has 0 atom stereocenters. The lowest BCUT2D eigenvalue weighted by molar-refractivity contribution is -0.122. The molecule has 1 fully saturated rings. The minimum absolute atomic E-state index is 0.0986. The number of carboxylic acids is 1. The Labute approximate surface area is 222 Å². The van der Waals surface area contributed by atoms with Gasteiger partial charge in [-0.2, -0.15) is 0 Å². The van der Waals surface area contributed by atoms with Crippen LogP contribution < -0.4 is 9.47 Å². The van der Waals surface area contributed by atoms with Gasteiger partial charge in [0.15, 0.2) is 16.7 Å². The zero-order valence-electron chi connectivity index (χ0n) is 19.9. The van der Waals surface area contributed by atoms with Gasteiger partial charge in [-0.05, 0) is 84.4 Å². The van der Waals surface area contributed by atoms with Crippen molar-refractivity contribution in [1.82, 2.24) is 4.90 Å². The number of ether oxygens (including phenoxy) is 2. The van der Waals surface area contributed by atoms with Crippen LogP contribution in [-0.4, -0.2) is 40.7 Å². The predicted octanol–water partition coefficient (Wildman–Crippen LogP) is 6.39. The predicted molar refractivity (Wildman–Crippen MR) is 142 cm³/mol. The Morgan fingerprint density at radius 2 is 1.95 bits per heavy atom. The molecule has 1 aliphatic heterocycles. The quantitative estimate of drug-likeness (QED) is 0.333. The van der Waals surface area contributed by atoms with E-state index in [-0.39, 0.29) is 28.9 Å². The first-order valence-electron chi connectivity index (χ1n) is 11.2. The molecule has 3 aromatic carbocycles. The summed E-state index contributed by atoms with van der Waals surface area (Å²) < 4.78 is 24.7. The Balaban J connectivity index is 1.58. The highest BCUT2D eigenvalue weighted by Crippen LogP contribution is 2.39. The molecule has 1 aliphatic rings. The minimum atomic E-state index is -1.02. The van der Waals surface area contributed by atoms with Crippen LogP contribution in [0, 0.1) is 5.82 Å². The molecule has 1 N–H and O–H groups in total. The van der Waals surface area contributed by atoms with E-state index in [1.807, 2.05) is 6.92 Å². The monoisotopic (exact) mass is 540 g/mol. The molecule has 37 heavy (non-hydrogen) atoms. The van der Waals surface area contributed by atoms with Crippen molar-refractivity contribution in [2.75, 3.05) is 13.7 Å². The Morgan fingerprint density at radius 3 is 2.59 bits per heavy atom. The van der Waals surface area contributed by atoms with Crippen LogP contribution in [0.2, 0.25) is 5.02 Å². The molecule has 0 aromatic heterocycles. The van der Waals surface area contributed by atoms with Gasteiger partial charge in [0.2, 0.25) is 0 Å². The van der Waals surface area contributed by atoms with Crippen molar-refractivity contribution in [3.8, 4) is 11.5 Å². The summed E-state index contributed by atoms with van der Waals surface area (Å²) in [5, 5.41) is 9.83. The molecular formula is C27H22ClFN2O5S. The molecule has 0 spiro atoms. The maximum absolute atomic E-state index is 13.5. The van der Waals surface area contributed by atoms with E-state index in [1.54, 1.807) is 42.5 Å². The molecular weight excluding hydrogens is 519 g/mol. The number of amidine groups is 1. The van der Waals surface area contributed by atoms with Crippen molar-refractivity contribution in [3.05, 3.63) is 93.1 Å². The van der Waals surface area contributed by atoms with Crippen LogP contribution in [0.15, 0.2) is 70.6 Å². The van der Waals surface area contributed by atoms with Gasteiger partial charge in [0.05, 0.1) is 28.3 Å². The van der Waals surface area contributed by atoms with E-state index in [0.717, 1.165) is 0 Å². The number of carbonyl (C=O) groups excluding carboxylic acids is 1. The second-order valence-corrected chi connectivity index (χ2v) is 9.28. The third-order valence-corrected chi connectivity index (χ3v) is 6.65. The van der Waals surface area contributed by atoms with Gasteiger partial charge in [0.25, 0.3) is 5.91 Å². The molecule has 1 heterocycles. The number of likely N-dealkylation sites (N-methyl/N-ethyl adjacent to an activating group) is 1. The number of halogens is 2. The van der Waals surface area contributed by atoms with Crippen LogP contribution in [-0.2, 0) is 11.4 Å². The molecule has 3 aromatic rings. The van der Waals surface area contributed by atoms with Gasteiger partial charge >= 0.3 is 5.97 Å². The van der Waals surface area contributed by atoms with E-state index in [2.05, 4.69) is 4.99 Å². The van der Waals surface area contributed by atoms with Crippen LogP contribution in [0.3, 0.4) is 0 Å². The number of rotatable bonds is 8. The largest absolute Gasteiger partial charge is 0.493 e. The molecule has 0 aliphatic carbocycles. The topological polar surface area (TPSA) is 88.4 Å². The zero-order chi connectivity index (χ0) is 26.5. The summed E-state index contributed by atoms with van der Waals surface area (Å²) in [5.41, 5.74) is 1.95. The van der Waals surface area contributed by atoms with Crippen LogP contribution in [0.4, 0.5) is 10.1 Å². The highest BCUT2D eigenvalue weighted by Gasteiger charge is 2.32. The number of methoxy groups -OCH3 is 1. The summed E-state index contributed by atoms with van der Waals surface area (Å²) in [6.45, 7) is 2.35. The fourth-order valence-electron chi connectivity index (χ4n) is 3.56. The van der Waals surface area contributed by atoms with Crippen molar-refractivity contribution < 1.29 is 28.6 Å². The molecule has 0 unspecified atom stereocenters. The van der Waals surface area contributed by atoms with E-state index < -0.39 is 5.97 Å². The van der Waals surface area contributed by atoms with E-state index in [1.165, 1.54) is 48.0 Å². The molecule has 0 saturated carbocycles. The van der Waals surface area contributed by atoms with Gasteiger partial charge in [-0.1, -0.05) is 23.7 Å². The first-order chi connectivity index (χ1) is 17.8. The van der Waals surface area contributed by atoms with Crippen molar-refractivity contribution >= 4 is 52.2 Å². The van der Waals surface area contributed by atoms with Gasteiger partial charge in [0.1, 0.15) is 12.4 Å². The Bertz CT molecular complexity index is 1410. The molecule has 4 rings (SSSR count). The summed E-state index contributed by atoms with van der Waals surface area (Å²) >= 11 is 7.69. The van der Waals surface area contributed by atoms with Crippen LogP contribution in [0.5, 0.6) is 11.5 Å². The number of nitrogens with zero attached hydrogens (tertiary/aromatic N) is 2. The average molecular weight is 541 g/mol. The Morgan fingerprint density at radius 1 is 1.19 bits per heavy atom. The number of thioether (sulfide) groups is 1. The average Bonchev–Trinajstić information content (AvgIpc) is 3.16. The van der Waals surface area contributed by atoms with Crippen molar-refractivity contribution in [1.29, 1.82) is 0 Å². The lowest BCUT2D eigenvalue weighted by Crippen LogP contribution is -2.28. The van der Waals surface area contributed by atoms with E-state index in [0.29, 0.717) is 44.9 Å². The summed E-state index contributed by atoms with van der Waals surface area (Å²) in [6.07, 6.45) is 1.69. The smallest absolute Gasteiger partial charge is 0.335 e. The van der Waals surface area contributed by atoms with Gasteiger partial charge in [-0.15, -0.1) is 0 Å². The molecule has 0 radical (unpaired) electrons. The van der Waals surface area contributed by atoms with Crippen LogP contribution >= 0.6 is 23.4 Å². The molecule has 10 heteroatoms. The standard InChI is InChI=1S/C27H22ClFN2O5S/c1-3-31-25(32)23(37-27(31)30-20-9-7-18(8-10-20)26(33)34)14-17-12-21(28)24(22(13-17)35-2)36-15-16-5-4-6-19(29)11-16/h4-14H,3,15H2,1-2H3,(H,33,34)/b23-14-,30-27?. The molecule has 7 nitrogen and oxygen atoms in total. The van der Waals surface area contributed by atoms with Crippen molar-refractivity contribution in [2.45, 2.75) is 13.5 Å². The summed E-state index contributed by atoms with van der Waals surface area (Å²) in [7, 11) is 1.48. The van der Waals surface area contributed by atoms with Gasteiger partial charge in [-0.25, -0.2) is 14.2 Å². The first-order valence-corrected chi connectivity index (χ1v) is 12.4. The second-order valence-electron chi connectivity index (χ2n) is 7.86. The number of hydrogen-bond acceptors (Lipinski definition) is 6. The molecule has 0 bridgehead atoms. The van der Waals surface area contributed by atoms with E-state index in [9.17, 15) is 14.0 Å². The van der Waals surface area contributed by atoms with Crippen LogP contribution in [0.1, 0.15) is 28.4 Å². The molecule has 1 saturated heterocycles. The van der Waals surface area contributed by atoms with Gasteiger partial charge in [-0.3, -0.25) is 9.69 Å². The number of carbonyl (C=O) groups is 2. The normalized spacial score (nSPS) is 15.5. The lowest BCUT2D eigenvalue weighted by atomic mass is 10.1. The van der Waals surface area contributed by atoms with Crippen molar-refractivity contribution in [2.24, 2.45) is 4.99 Å². The van der Waals surface area contributed by atoms with Gasteiger partial charge in [0, 0.05) is 6.54 Å². The number of benzene rings is 3. The molecule has 1 amide bonds. The second kappa shape index (κ2) is 11.5. The highest BCUT2D eigenvalue weighted by molar-refractivity contribution is 8.18. The number of hydrogen-bond donors (Lipinski definition) is 1. The lowest BCUT2D eigenvalue weighted by Gasteiger charge is -2.14. The van der Waals surface area contributed by atoms with E-state index >= 15 is 0 Å². The first kappa shape index (κ1) is 26.2. The fourth-order valence-corrected chi connectivity index (χ4v) is 4.89. The third-order valence-electron chi connectivity index (χ3n) is 5.37. The number of amides is 1. The number of carboxylic acid groups (broad SMARTS) is 1. The van der Waals surface area contributed by atoms with E-state index in [4.69, 9.17) is 26.2 Å². The van der Waals surface area contributed by atoms with Gasteiger partial charge < -0.3 is 14.6 Å². The maximum Gasteiger partial charge on any atom is 0.335 e. The Kier molecular flexibility index (Phi) is 8.15. The minimum Gasteiger partial charge on any atom is -0.493 e. The molecule has 190 valence electrons. The fraction of sp³-hybridized carbons (Fsp3) is 0.148.